The van der Waals surface area contributed by atoms with Crippen LogP contribution < -0.4 is 10.6 Å². The zero-order valence-corrected chi connectivity index (χ0v) is 10.7. The zero-order valence-electron chi connectivity index (χ0n) is 9.84. The standard InChI is InChI=1S/C10H12N4O4S/c15-8-10(13-9(16)12-8)2-4-14(6-10)19(17,18)7-1-3-11-5-7/h1,3,5,11H,2,4,6H2,(H2,12,13,15,16). The highest BCUT2D eigenvalue weighted by molar-refractivity contribution is 7.89. The lowest BCUT2D eigenvalue weighted by Gasteiger charge is -2.20. The van der Waals surface area contributed by atoms with Crippen LogP contribution in [0.5, 0.6) is 0 Å². The molecule has 0 radical (unpaired) electrons. The fraction of sp³-hybridized carbons (Fsp3) is 0.400. The third-order valence-corrected chi connectivity index (χ3v) is 5.30. The molecule has 2 aliphatic heterocycles. The summed E-state index contributed by atoms with van der Waals surface area (Å²) in [4.78, 5) is 25.8. The maximum atomic E-state index is 12.3. The quantitative estimate of drug-likeness (QED) is 0.604. The Morgan fingerprint density at radius 1 is 1.32 bits per heavy atom. The Balaban J connectivity index is 1.88. The van der Waals surface area contributed by atoms with E-state index in [1.54, 1.807) is 0 Å². The van der Waals surface area contributed by atoms with Gasteiger partial charge in [0, 0.05) is 25.5 Å². The van der Waals surface area contributed by atoms with E-state index in [0.717, 1.165) is 0 Å². The molecule has 1 aromatic heterocycles. The van der Waals surface area contributed by atoms with Gasteiger partial charge in [-0.15, -0.1) is 0 Å². The van der Waals surface area contributed by atoms with E-state index >= 15 is 0 Å². The number of sulfonamides is 1. The fourth-order valence-electron chi connectivity index (χ4n) is 2.41. The highest BCUT2D eigenvalue weighted by atomic mass is 32.2. The number of H-pyrrole nitrogens is 1. The van der Waals surface area contributed by atoms with Crippen molar-refractivity contribution in [1.29, 1.82) is 0 Å². The Morgan fingerprint density at radius 2 is 2.11 bits per heavy atom. The first-order valence-corrected chi connectivity index (χ1v) is 7.15. The van der Waals surface area contributed by atoms with E-state index in [2.05, 4.69) is 15.6 Å². The van der Waals surface area contributed by atoms with Gasteiger partial charge in [-0.1, -0.05) is 0 Å². The molecule has 1 aromatic rings. The number of nitrogens with zero attached hydrogens (tertiary/aromatic N) is 1. The average molecular weight is 284 g/mol. The van der Waals surface area contributed by atoms with Crippen LogP contribution in [0.15, 0.2) is 23.4 Å². The first-order chi connectivity index (χ1) is 8.94. The summed E-state index contributed by atoms with van der Waals surface area (Å²) in [6.07, 6.45) is 3.17. The van der Waals surface area contributed by atoms with Crippen LogP contribution in [-0.4, -0.2) is 48.3 Å². The summed E-state index contributed by atoms with van der Waals surface area (Å²) in [5.41, 5.74) is -1.12. The van der Waals surface area contributed by atoms with Crippen LogP contribution in [0.25, 0.3) is 0 Å². The Morgan fingerprint density at radius 3 is 2.68 bits per heavy atom. The number of aromatic nitrogens is 1. The minimum Gasteiger partial charge on any atom is -0.366 e. The largest absolute Gasteiger partial charge is 0.366 e. The normalized spacial score (nSPS) is 27.8. The van der Waals surface area contributed by atoms with Gasteiger partial charge in [0.2, 0.25) is 10.0 Å². The lowest BCUT2D eigenvalue weighted by molar-refractivity contribution is -0.123. The molecule has 19 heavy (non-hydrogen) atoms. The summed E-state index contributed by atoms with van der Waals surface area (Å²) >= 11 is 0. The van der Waals surface area contributed by atoms with Gasteiger partial charge in [0.25, 0.3) is 5.91 Å². The molecule has 3 rings (SSSR count). The van der Waals surface area contributed by atoms with Crippen molar-refractivity contribution in [3.8, 4) is 0 Å². The average Bonchev–Trinajstić information content (AvgIpc) is 3.02. The number of nitrogens with one attached hydrogen (secondary N) is 3. The first-order valence-electron chi connectivity index (χ1n) is 5.71. The van der Waals surface area contributed by atoms with Gasteiger partial charge in [-0.3, -0.25) is 10.1 Å². The monoisotopic (exact) mass is 284 g/mol. The van der Waals surface area contributed by atoms with Crippen LogP contribution in [0.4, 0.5) is 4.79 Å². The molecule has 2 fully saturated rings. The minimum absolute atomic E-state index is 0.0436. The molecule has 3 amide bonds. The lowest BCUT2D eigenvalue weighted by Crippen LogP contribution is -2.49. The number of aromatic amines is 1. The van der Waals surface area contributed by atoms with Crippen molar-refractivity contribution < 1.29 is 18.0 Å². The molecule has 0 bridgehead atoms. The predicted molar refractivity (Wildman–Crippen MR) is 63.6 cm³/mol. The zero-order chi connectivity index (χ0) is 13.7. The highest BCUT2D eigenvalue weighted by Gasteiger charge is 2.53. The molecule has 2 aliphatic rings. The van der Waals surface area contributed by atoms with Gasteiger partial charge in [0.05, 0.1) is 4.90 Å². The molecule has 0 aliphatic carbocycles. The smallest absolute Gasteiger partial charge is 0.322 e. The number of carbonyl (C=O) groups excluding carboxylic acids is 2. The van der Waals surface area contributed by atoms with Crippen LogP contribution in [0.3, 0.4) is 0 Å². The van der Waals surface area contributed by atoms with Crippen molar-refractivity contribution in [3.05, 3.63) is 18.5 Å². The second-order valence-corrected chi connectivity index (χ2v) is 6.56. The topological polar surface area (TPSA) is 111 Å². The van der Waals surface area contributed by atoms with Gasteiger partial charge in [0.1, 0.15) is 5.54 Å². The fourth-order valence-corrected chi connectivity index (χ4v) is 3.89. The van der Waals surface area contributed by atoms with Crippen LogP contribution in [-0.2, 0) is 14.8 Å². The minimum atomic E-state index is -3.63. The second-order valence-electron chi connectivity index (χ2n) is 4.63. The Labute approximate surface area is 109 Å². The SMILES string of the molecule is O=C1NC(=O)C2(CCN(S(=O)(=O)c3cc[nH]c3)C2)N1. The van der Waals surface area contributed by atoms with Crippen LogP contribution in [0.1, 0.15) is 6.42 Å². The summed E-state index contributed by atoms with van der Waals surface area (Å²) in [5.74, 6) is -0.468. The summed E-state index contributed by atoms with van der Waals surface area (Å²) in [5, 5.41) is 4.65. The Hall–Kier alpha value is -1.87. The maximum Gasteiger partial charge on any atom is 0.322 e. The number of hydrogen-bond donors (Lipinski definition) is 3. The van der Waals surface area contributed by atoms with Crippen molar-refractivity contribution in [1.82, 2.24) is 19.9 Å². The third-order valence-electron chi connectivity index (χ3n) is 3.46. The van der Waals surface area contributed by atoms with Crippen LogP contribution in [0, 0.1) is 0 Å². The maximum absolute atomic E-state index is 12.3. The highest BCUT2D eigenvalue weighted by Crippen LogP contribution is 2.29. The van der Waals surface area contributed by atoms with Gasteiger partial charge < -0.3 is 10.3 Å². The number of carbonyl (C=O) groups is 2. The van der Waals surface area contributed by atoms with Gasteiger partial charge in [-0.25, -0.2) is 13.2 Å². The molecule has 0 aromatic carbocycles. The number of urea groups is 1. The molecule has 0 saturated carbocycles. The van der Waals surface area contributed by atoms with E-state index in [1.807, 2.05) is 0 Å². The van der Waals surface area contributed by atoms with Crippen molar-refractivity contribution in [2.24, 2.45) is 0 Å². The van der Waals surface area contributed by atoms with E-state index in [0.29, 0.717) is 0 Å². The third kappa shape index (κ3) is 1.73. The summed E-state index contributed by atoms with van der Waals surface area (Å²) in [7, 11) is -3.63. The second kappa shape index (κ2) is 3.81. The molecule has 9 heteroatoms. The van der Waals surface area contributed by atoms with Crippen molar-refractivity contribution in [2.75, 3.05) is 13.1 Å². The number of amides is 3. The molecule has 1 spiro atoms. The first kappa shape index (κ1) is 12.2. The van der Waals surface area contributed by atoms with Crippen LogP contribution in [0.2, 0.25) is 0 Å². The molecule has 3 N–H and O–H groups in total. The predicted octanol–water partition coefficient (Wildman–Crippen LogP) is -1.01. The van der Waals surface area contributed by atoms with Crippen LogP contribution >= 0.6 is 0 Å². The van der Waals surface area contributed by atoms with E-state index in [4.69, 9.17) is 0 Å². The van der Waals surface area contributed by atoms with Crippen molar-refractivity contribution >= 4 is 22.0 Å². The molecular weight excluding hydrogens is 272 g/mol. The molecule has 102 valence electrons. The van der Waals surface area contributed by atoms with Gasteiger partial charge in [-0.2, -0.15) is 4.31 Å². The van der Waals surface area contributed by atoms with Gasteiger partial charge >= 0.3 is 6.03 Å². The molecule has 8 nitrogen and oxygen atoms in total. The summed E-state index contributed by atoms with van der Waals surface area (Å²) in [6, 6.07) is 0.874. The lowest BCUT2D eigenvalue weighted by atomic mass is 10.00. The van der Waals surface area contributed by atoms with Gasteiger partial charge in [-0.05, 0) is 12.5 Å². The van der Waals surface area contributed by atoms with E-state index in [1.165, 1.54) is 22.8 Å². The van der Waals surface area contributed by atoms with E-state index in [9.17, 15) is 18.0 Å². The van der Waals surface area contributed by atoms with Gasteiger partial charge in [0.15, 0.2) is 0 Å². The van der Waals surface area contributed by atoms with Crippen molar-refractivity contribution in [3.63, 3.8) is 0 Å². The molecule has 1 unspecified atom stereocenters. The Bertz CT molecular complexity index is 638. The number of hydrogen-bond acceptors (Lipinski definition) is 4. The molecule has 2 saturated heterocycles. The molecular formula is C10H12N4O4S. The molecule has 1 atom stereocenters. The summed E-state index contributed by atoms with van der Waals surface area (Å²) < 4.78 is 25.8. The van der Waals surface area contributed by atoms with Crippen molar-refractivity contribution in [2.45, 2.75) is 16.9 Å². The van der Waals surface area contributed by atoms with E-state index in [-0.39, 0.29) is 24.4 Å². The summed E-state index contributed by atoms with van der Waals surface area (Å²) in [6.45, 7) is 0.152. The number of imide groups is 1. The molecule has 3 heterocycles. The van der Waals surface area contributed by atoms with E-state index < -0.39 is 27.5 Å². The number of rotatable bonds is 2. The Kier molecular flexibility index (Phi) is 2.44.